The highest BCUT2D eigenvalue weighted by atomic mass is 16.4. The van der Waals surface area contributed by atoms with Gasteiger partial charge in [-0.3, -0.25) is 9.48 Å². The molecule has 1 aliphatic heterocycles. The molecule has 1 aliphatic rings. The van der Waals surface area contributed by atoms with E-state index in [1.54, 1.807) is 11.7 Å². The Bertz CT molecular complexity index is 381. The van der Waals surface area contributed by atoms with Crippen molar-refractivity contribution in [1.29, 1.82) is 0 Å². The lowest BCUT2D eigenvalue weighted by atomic mass is 10.1. The van der Waals surface area contributed by atoms with Gasteiger partial charge in [0.25, 0.3) is 0 Å². The Balaban J connectivity index is 2.12. The number of nitrogens with zero attached hydrogens (tertiary/aromatic N) is 3. The first kappa shape index (κ1) is 11.0. The highest BCUT2D eigenvalue weighted by molar-refractivity contribution is 5.70. The van der Waals surface area contributed by atoms with Crippen molar-refractivity contribution in [1.82, 2.24) is 9.78 Å². The van der Waals surface area contributed by atoms with E-state index in [1.165, 1.54) is 19.3 Å². The zero-order valence-electron chi connectivity index (χ0n) is 9.52. The van der Waals surface area contributed by atoms with E-state index in [1.807, 2.05) is 6.07 Å². The van der Waals surface area contributed by atoms with Crippen molar-refractivity contribution < 1.29 is 9.90 Å². The van der Waals surface area contributed by atoms with Gasteiger partial charge in [-0.05, 0) is 19.3 Å². The van der Waals surface area contributed by atoms with Crippen molar-refractivity contribution >= 4 is 11.8 Å². The third kappa shape index (κ3) is 2.35. The first-order valence-electron chi connectivity index (χ1n) is 5.66. The Morgan fingerprint density at radius 1 is 1.44 bits per heavy atom. The molecule has 1 N–H and O–H groups in total. The molecule has 0 atom stereocenters. The number of aryl methyl sites for hydroxylation is 1. The van der Waals surface area contributed by atoms with Crippen LogP contribution in [0.4, 0.5) is 5.82 Å². The predicted molar refractivity (Wildman–Crippen MR) is 60.6 cm³/mol. The van der Waals surface area contributed by atoms with Gasteiger partial charge in [0.15, 0.2) is 5.82 Å². The summed E-state index contributed by atoms with van der Waals surface area (Å²) < 4.78 is 1.66. The Morgan fingerprint density at radius 3 is 2.75 bits per heavy atom. The number of rotatable bonds is 3. The maximum Gasteiger partial charge on any atom is 0.309 e. The summed E-state index contributed by atoms with van der Waals surface area (Å²) >= 11 is 0. The Morgan fingerprint density at radius 2 is 2.12 bits per heavy atom. The first-order valence-corrected chi connectivity index (χ1v) is 5.66. The van der Waals surface area contributed by atoms with Crippen LogP contribution >= 0.6 is 0 Å². The number of anilines is 1. The molecule has 0 radical (unpaired) electrons. The third-order valence-corrected chi connectivity index (χ3v) is 2.98. The van der Waals surface area contributed by atoms with Crippen LogP contribution in [0.1, 0.15) is 25.0 Å². The minimum atomic E-state index is -0.812. The zero-order chi connectivity index (χ0) is 11.5. The van der Waals surface area contributed by atoms with E-state index in [4.69, 9.17) is 5.11 Å². The molecule has 2 rings (SSSR count). The monoisotopic (exact) mass is 223 g/mol. The van der Waals surface area contributed by atoms with Crippen LogP contribution in [0.25, 0.3) is 0 Å². The van der Waals surface area contributed by atoms with Gasteiger partial charge in [0.05, 0.1) is 12.1 Å². The van der Waals surface area contributed by atoms with Crippen molar-refractivity contribution in [3.8, 4) is 0 Å². The van der Waals surface area contributed by atoms with Gasteiger partial charge in [-0.25, -0.2) is 0 Å². The Kier molecular flexibility index (Phi) is 3.12. The molecule has 0 unspecified atom stereocenters. The van der Waals surface area contributed by atoms with Gasteiger partial charge in [-0.1, -0.05) is 0 Å². The highest BCUT2D eigenvalue weighted by Gasteiger charge is 2.16. The fourth-order valence-corrected chi connectivity index (χ4v) is 2.09. The molecule has 0 saturated carbocycles. The summed E-state index contributed by atoms with van der Waals surface area (Å²) in [4.78, 5) is 12.9. The number of carboxylic acids is 1. The van der Waals surface area contributed by atoms with Gasteiger partial charge in [-0.15, -0.1) is 0 Å². The lowest BCUT2D eigenvalue weighted by Crippen LogP contribution is -2.29. The number of carboxylic acid groups (broad SMARTS) is 1. The quantitative estimate of drug-likeness (QED) is 0.831. The minimum Gasteiger partial charge on any atom is -0.481 e. The SMILES string of the molecule is Cn1nc(N2CCCCC2)cc1CC(=O)O. The number of piperidine rings is 1. The van der Waals surface area contributed by atoms with Crippen LogP contribution in [0.2, 0.25) is 0 Å². The zero-order valence-corrected chi connectivity index (χ0v) is 9.52. The standard InChI is InChI=1S/C11H17N3O2/c1-13-9(8-11(15)16)7-10(12-13)14-5-3-2-4-6-14/h7H,2-6,8H2,1H3,(H,15,16). The lowest BCUT2D eigenvalue weighted by Gasteiger charge is -2.26. The summed E-state index contributed by atoms with van der Waals surface area (Å²) in [5.41, 5.74) is 0.757. The van der Waals surface area contributed by atoms with Gasteiger partial charge in [-0.2, -0.15) is 5.10 Å². The van der Waals surface area contributed by atoms with E-state index in [9.17, 15) is 4.79 Å². The van der Waals surface area contributed by atoms with E-state index in [0.717, 1.165) is 24.6 Å². The number of hydrogen-bond donors (Lipinski definition) is 1. The minimum absolute atomic E-state index is 0.0390. The molecule has 16 heavy (non-hydrogen) atoms. The normalized spacial score (nSPS) is 16.4. The van der Waals surface area contributed by atoms with Gasteiger partial charge >= 0.3 is 5.97 Å². The average Bonchev–Trinajstić information content (AvgIpc) is 2.61. The topological polar surface area (TPSA) is 58.4 Å². The molecule has 1 aromatic rings. The molecular formula is C11H17N3O2. The molecule has 0 bridgehead atoms. The predicted octanol–water partition coefficient (Wildman–Crippen LogP) is 1.04. The molecule has 1 aromatic heterocycles. The highest BCUT2D eigenvalue weighted by Crippen LogP contribution is 2.19. The second kappa shape index (κ2) is 4.55. The number of aliphatic carboxylic acids is 1. The van der Waals surface area contributed by atoms with Crippen LogP contribution in [-0.2, 0) is 18.3 Å². The van der Waals surface area contributed by atoms with Gasteiger partial charge in [0.2, 0.25) is 0 Å². The van der Waals surface area contributed by atoms with Crippen molar-refractivity contribution in [2.24, 2.45) is 7.05 Å². The van der Waals surface area contributed by atoms with Crippen molar-refractivity contribution in [2.45, 2.75) is 25.7 Å². The summed E-state index contributed by atoms with van der Waals surface area (Å²) in [6.07, 6.45) is 3.72. The van der Waals surface area contributed by atoms with Crippen molar-refractivity contribution in [3.63, 3.8) is 0 Å². The van der Waals surface area contributed by atoms with Gasteiger partial charge < -0.3 is 10.0 Å². The van der Waals surface area contributed by atoms with E-state index >= 15 is 0 Å². The van der Waals surface area contributed by atoms with E-state index in [0.29, 0.717) is 0 Å². The lowest BCUT2D eigenvalue weighted by molar-refractivity contribution is -0.136. The second-order valence-electron chi connectivity index (χ2n) is 4.24. The molecule has 1 saturated heterocycles. The fourth-order valence-electron chi connectivity index (χ4n) is 2.09. The van der Waals surface area contributed by atoms with Crippen LogP contribution < -0.4 is 4.90 Å². The van der Waals surface area contributed by atoms with Gasteiger partial charge in [0, 0.05) is 26.2 Å². The maximum atomic E-state index is 10.7. The van der Waals surface area contributed by atoms with Crippen LogP contribution in [-0.4, -0.2) is 33.9 Å². The molecule has 2 heterocycles. The third-order valence-electron chi connectivity index (χ3n) is 2.98. The summed E-state index contributed by atoms with van der Waals surface area (Å²) in [6, 6.07) is 1.89. The first-order chi connectivity index (χ1) is 7.66. The van der Waals surface area contributed by atoms with E-state index < -0.39 is 5.97 Å². The largest absolute Gasteiger partial charge is 0.481 e. The smallest absolute Gasteiger partial charge is 0.309 e. The molecule has 1 fully saturated rings. The summed E-state index contributed by atoms with van der Waals surface area (Å²) in [6.45, 7) is 2.06. The van der Waals surface area contributed by atoms with E-state index in [-0.39, 0.29) is 6.42 Å². The van der Waals surface area contributed by atoms with Crippen LogP contribution in [0.3, 0.4) is 0 Å². The maximum absolute atomic E-state index is 10.7. The summed E-state index contributed by atoms with van der Waals surface area (Å²) in [5, 5.41) is 13.1. The summed E-state index contributed by atoms with van der Waals surface area (Å²) in [7, 11) is 1.80. The molecular weight excluding hydrogens is 206 g/mol. The van der Waals surface area contributed by atoms with Crippen LogP contribution in [0, 0.1) is 0 Å². The van der Waals surface area contributed by atoms with Crippen molar-refractivity contribution in [2.75, 3.05) is 18.0 Å². The Labute approximate surface area is 94.7 Å². The summed E-state index contributed by atoms with van der Waals surface area (Å²) in [5.74, 6) is 0.103. The average molecular weight is 223 g/mol. The number of carbonyl (C=O) groups is 1. The number of aromatic nitrogens is 2. The second-order valence-corrected chi connectivity index (χ2v) is 4.24. The molecule has 5 nitrogen and oxygen atoms in total. The van der Waals surface area contributed by atoms with Gasteiger partial charge in [0.1, 0.15) is 0 Å². The number of hydrogen-bond acceptors (Lipinski definition) is 3. The van der Waals surface area contributed by atoms with E-state index in [2.05, 4.69) is 10.00 Å². The molecule has 5 heteroatoms. The van der Waals surface area contributed by atoms with Crippen LogP contribution in [0.5, 0.6) is 0 Å². The van der Waals surface area contributed by atoms with Crippen molar-refractivity contribution in [3.05, 3.63) is 11.8 Å². The molecule has 0 spiro atoms. The molecule has 0 amide bonds. The molecule has 0 aromatic carbocycles. The fraction of sp³-hybridized carbons (Fsp3) is 0.636. The molecule has 88 valence electrons. The van der Waals surface area contributed by atoms with Crippen LogP contribution in [0.15, 0.2) is 6.07 Å². The molecule has 0 aliphatic carbocycles. The Hall–Kier alpha value is -1.52.